The molecule has 1 aromatic carbocycles. The van der Waals surface area contributed by atoms with Crippen LogP contribution in [0.15, 0.2) is 27.6 Å². The molecule has 1 aliphatic heterocycles. The fourth-order valence-corrected chi connectivity index (χ4v) is 4.05. The van der Waals surface area contributed by atoms with Gasteiger partial charge < -0.3 is 4.74 Å². The summed E-state index contributed by atoms with van der Waals surface area (Å²) in [6.45, 7) is 2.23. The van der Waals surface area contributed by atoms with Crippen molar-refractivity contribution in [1.29, 1.82) is 0 Å². The van der Waals surface area contributed by atoms with Gasteiger partial charge in [-0.3, -0.25) is 10.1 Å². The lowest BCUT2D eigenvalue weighted by Crippen LogP contribution is -2.39. The Morgan fingerprint density at radius 3 is 2.75 bits per heavy atom. The van der Waals surface area contributed by atoms with Crippen molar-refractivity contribution in [3.05, 3.63) is 32.8 Å². The SMILES string of the molecule is CC1OCCC1NS(=O)(=O)c1cc(Br)ccc1[N+](=O)[O-]. The van der Waals surface area contributed by atoms with Gasteiger partial charge in [0.05, 0.1) is 17.1 Å². The second-order valence-electron chi connectivity index (χ2n) is 4.46. The molecule has 0 saturated carbocycles. The zero-order chi connectivity index (χ0) is 14.9. The summed E-state index contributed by atoms with van der Waals surface area (Å²) in [7, 11) is -3.98. The topological polar surface area (TPSA) is 98.5 Å². The Morgan fingerprint density at radius 1 is 1.50 bits per heavy atom. The number of ether oxygens (including phenoxy) is 1. The van der Waals surface area contributed by atoms with E-state index in [1.54, 1.807) is 6.92 Å². The van der Waals surface area contributed by atoms with Gasteiger partial charge in [0.15, 0.2) is 4.90 Å². The van der Waals surface area contributed by atoms with Crippen LogP contribution in [0.2, 0.25) is 0 Å². The number of nitro benzene ring substituents is 1. The number of hydrogen-bond acceptors (Lipinski definition) is 5. The van der Waals surface area contributed by atoms with Gasteiger partial charge in [0, 0.05) is 17.1 Å². The van der Waals surface area contributed by atoms with E-state index < -0.39 is 20.6 Å². The Balaban J connectivity index is 2.38. The van der Waals surface area contributed by atoms with Crippen molar-refractivity contribution in [2.24, 2.45) is 0 Å². The van der Waals surface area contributed by atoms with Crippen molar-refractivity contribution in [2.75, 3.05) is 6.61 Å². The molecule has 110 valence electrons. The van der Waals surface area contributed by atoms with Gasteiger partial charge in [-0.15, -0.1) is 0 Å². The lowest BCUT2D eigenvalue weighted by atomic mass is 10.2. The van der Waals surface area contributed by atoms with E-state index in [1.165, 1.54) is 12.1 Å². The van der Waals surface area contributed by atoms with Crippen molar-refractivity contribution in [2.45, 2.75) is 30.4 Å². The molecule has 1 aromatic rings. The van der Waals surface area contributed by atoms with Crippen LogP contribution >= 0.6 is 15.9 Å². The van der Waals surface area contributed by atoms with Gasteiger partial charge in [0.25, 0.3) is 5.69 Å². The molecule has 1 saturated heterocycles. The lowest BCUT2D eigenvalue weighted by Gasteiger charge is -2.16. The van der Waals surface area contributed by atoms with Gasteiger partial charge in [-0.25, -0.2) is 13.1 Å². The van der Waals surface area contributed by atoms with Crippen molar-refractivity contribution < 1.29 is 18.1 Å². The molecule has 2 rings (SSSR count). The summed E-state index contributed by atoms with van der Waals surface area (Å²) in [5.74, 6) is 0. The maximum Gasteiger partial charge on any atom is 0.289 e. The quantitative estimate of drug-likeness (QED) is 0.648. The normalized spacial score (nSPS) is 22.9. The van der Waals surface area contributed by atoms with E-state index >= 15 is 0 Å². The van der Waals surface area contributed by atoms with Gasteiger partial charge in [-0.2, -0.15) is 0 Å². The highest BCUT2D eigenvalue weighted by Gasteiger charge is 2.32. The Labute approximate surface area is 124 Å². The molecule has 1 fully saturated rings. The summed E-state index contributed by atoms with van der Waals surface area (Å²) >= 11 is 3.12. The Kier molecular flexibility index (Phi) is 4.43. The number of benzene rings is 1. The molecule has 9 heteroatoms. The van der Waals surface area contributed by atoms with Gasteiger partial charge in [-0.05, 0) is 25.5 Å². The van der Waals surface area contributed by atoms with Crippen LogP contribution in [-0.2, 0) is 14.8 Å². The largest absolute Gasteiger partial charge is 0.377 e. The van der Waals surface area contributed by atoms with E-state index in [2.05, 4.69) is 20.7 Å². The monoisotopic (exact) mass is 364 g/mol. The molecule has 1 N–H and O–H groups in total. The molecule has 0 radical (unpaired) electrons. The van der Waals surface area contributed by atoms with E-state index in [1.807, 2.05) is 0 Å². The Morgan fingerprint density at radius 2 is 2.20 bits per heavy atom. The number of halogens is 1. The average Bonchev–Trinajstić information content (AvgIpc) is 2.74. The molecule has 0 spiro atoms. The van der Waals surface area contributed by atoms with Crippen molar-refractivity contribution >= 4 is 31.6 Å². The second-order valence-corrected chi connectivity index (χ2v) is 7.06. The minimum atomic E-state index is -3.98. The Hall–Kier alpha value is -1.03. The van der Waals surface area contributed by atoms with Crippen molar-refractivity contribution in [3.63, 3.8) is 0 Å². The van der Waals surface area contributed by atoms with Crippen molar-refractivity contribution in [3.8, 4) is 0 Å². The van der Waals surface area contributed by atoms with Crippen LogP contribution < -0.4 is 4.72 Å². The zero-order valence-electron chi connectivity index (χ0n) is 10.6. The first-order valence-corrected chi connectivity index (χ1v) is 8.17. The highest BCUT2D eigenvalue weighted by atomic mass is 79.9. The van der Waals surface area contributed by atoms with E-state index in [9.17, 15) is 18.5 Å². The summed E-state index contributed by atoms with van der Waals surface area (Å²) in [5.41, 5.74) is -0.452. The molecule has 20 heavy (non-hydrogen) atoms. The summed E-state index contributed by atoms with van der Waals surface area (Å²) < 4.78 is 32.8. The first-order valence-electron chi connectivity index (χ1n) is 5.89. The van der Waals surface area contributed by atoms with Crippen LogP contribution in [0.25, 0.3) is 0 Å². The minimum Gasteiger partial charge on any atom is -0.377 e. The van der Waals surface area contributed by atoms with E-state index in [0.29, 0.717) is 17.5 Å². The molecule has 0 amide bonds. The minimum absolute atomic E-state index is 0.254. The second kappa shape index (κ2) is 5.76. The van der Waals surface area contributed by atoms with E-state index in [-0.39, 0.29) is 17.0 Å². The molecule has 0 bridgehead atoms. The lowest BCUT2D eigenvalue weighted by molar-refractivity contribution is -0.387. The van der Waals surface area contributed by atoms with Crippen LogP contribution in [0, 0.1) is 10.1 Å². The molecule has 7 nitrogen and oxygen atoms in total. The number of rotatable bonds is 4. The third-order valence-electron chi connectivity index (χ3n) is 3.09. The summed E-state index contributed by atoms with van der Waals surface area (Å²) in [6, 6.07) is 3.44. The molecule has 0 aromatic heterocycles. The average molecular weight is 365 g/mol. The molecule has 1 aliphatic rings. The fraction of sp³-hybridized carbons (Fsp3) is 0.455. The number of nitrogens with one attached hydrogen (secondary N) is 1. The maximum absolute atomic E-state index is 12.3. The highest BCUT2D eigenvalue weighted by molar-refractivity contribution is 9.10. The number of hydrogen-bond donors (Lipinski definition) is 1. The first kappa shape index (κ1) is 15.4. The molecule has 0 aliphatic carbocycles. The smallest absolute Gasteiger partial charge is 0.289 e. The van der Waals surface area contributed by atoms with Gasteiger partial charge in [0.2, 0.25) is 10.0 Å². The number of sulfonamides is 1. The third-order valence-corrected chi connectivity index (χ3v) is 5.10. The van der Waals surface area contributed by atoms with Crippen LogP contribution in [0.3, 0.4) is 0 Å². The van der Waals surface area contributed by atoms with Crippen LogP contribution in [0.1, 0.15) is 13.3 Å². The van der Waals surface area contributed by atoms with Gasteiger partial charge >= 0.3 is 0 Å². The van der Waals surface area contributed by atoms with Gasteiger partial charge in [0.1, 0.15) is 0 Å². The summed E-state index contributed by atoms with van der Waals surface area (Å²) in [4.78, 5) is 9.89. The van der Waals surface area contributed by atoms with Crippen LogP contribution in [0.4, 0.5) is 5.69 Å². The third kappa shape index (κ3) is 3.17. The van der Waals surface area contributed by atoms with Gasteiger partial charge in [-0.1, -0.05) is 15.9 Å². The number of nitro groups is 1. The summed E-state index contributed by atoms with van der Waals surface area (Å²) in [5, 5.41) is 11.0. The predicted octanol–water partition coefficient (Wildman–Crippen LogP) is 1.81. The molecule has 2 atom stereocenters. The Bertz CT molecular complexity index is 634. The van der Waals surface area contributed by atoms with Crippen LogP contribution in [-0.4, -0.2) is 32.1 Å². The van der Waals surface area contributed by atoms with E-state index in [4.69, 9.17) is 4.74 Å². The predicted molar refractivity (Wildman–Crippen MR) is 74.9 cm³/mol. The number of nitrogens with zero attached hydrogens (tertiary/aromatic N) is 1. The standard InChI is InChI=1S/C11H13BrN2O5S/c1-7-9(4-5-19-7)13-20(17,18)11-6-8(12)2-3-10(11)14(15)16/h2-3,6-7,9,13H,4-5H2,1H3. The fourth-order valence-electron chi connectivity index (χ4n) is 2.00. The molecular formula is C11H13BrN2O5S. The van der Waals surface area contributed by atoms with Crippen LogP contribution in [0.5, 0.6) is 0 Å². The maximum atomic E-state index is 12.3. The van der Waals surface area contributed by atoms with E-state index in [0.717, 1.165) is 6.07 Å². The highest BCUT2D eigenvalue weighted by Crippen LogP contribution is 2.28. The van der Waals surface area contributed by atoms with Crippen molar-refractivity contribution in [1.82, 2.24) is 4.72 Å². The molecular weight excluding hydrogens is 352 g/mol. The summed E-state index contributed by atoms with van der Waals surface area (Å²) in [6.07, 6.45) is 0.290. The molecule has 2 unspecified atom stereocenters. The molecule has 1 heterocycles. The first-order chi connectivity index (χ1) is 9.31. The zero-order valence-corrected chi connectivity index (χ0v) is 13.0.